The summed E-state index contributed by atoms with van der Waals surface area (Å²) in [6.45, 7) is 4.83. The molecular formula is C16H24N2O. The molecule has 2 rings (SSSR count). The Hall–Kier alpha value is -1.35. The number of amides is 1. The number of piperidine rings is 1. The van der Waals surface area contributed by atoms with Gasteiger partial charge in [-0.1, -0.05) is 43.7 Å². The highest BCUT2D eigenvalue weighted by atomic mass is 16.1. The second kappa shape index (κ2) is 7.29. The van der Waals surface area contributed by atoms with Gasteiger partial charge in [-0.15, -0.1) is 0 Å². The van der Waals surface area contributed by atoms with Gasteiger partial charge in [-0.05, 0) is 24.9 Å². The lowest BCUT2D eigenvalue weighted by Gasteiger charge is -2.35. The Kier molecular flexibility index (Phi) is 5.40. The van der Waals surface area contributed by atoms with Crippen LogP contribution in [0.5, 0.6) is 0 Å². The highest BCUT2D eigenvalue weighted by molar-refractivity contribution is 5.75. The molecule has 0 bridgehead atoms. The number of rotatable bonds is 5. The van der Waals surface area contributed by atoms with E-state index in [4.69, 9.17) is 0 Å². The highest BCUT2D eigenvalue weighted by Crippen LogP contribution is 2.19. The van der Waals surface area contributed by atoms with Gasteiger partial charge in [0.05, 0.1) is 0 Å². The van der Waals surface area contributed by atoms with Crippen LogP contribution in [0.2, 0.25) is 0 Å². The molecule has 0 saturated carbocycles. The molecule has 1 aliphatic heterocycles. The molecular weight excluding hydrogens is 236 g/mol. The predicted octanol–water partition coefficient (Wildman–Crippen LogP) is 2.57. The first-order valence-corrected chi connectivity index (χ1v) is 7.34. The minimum atomic E-state index is 0.158. The van der Waals surface area contributed by atoms with E-state index in [2.05, 4.69) is 40.5 Å². The molecule has 1 aromatic carbocycles. The van der Waals surface area contributed by atoms with Crippen LogP contribution in [0.15, 0.2) is 30.3 Å². The summed E-state index contributed by atoms with van der Waals surface area (Å²) >= 11 is 0. The van der Waals surface area contributed by atoms with Gasteiger partial charge in [0.1, 0.15) is 0 Å². The predicted molar refractivity (Wildman–Crippen MR) is 77.8 cm³/mol. The number of likely N-dealkylation sites (tertiary alicyclic amines) is 1. The average molecular weight is 260 g/mol. The van der Waals surface area contributed by atoms with E-state index in [0.29, 0.717) is 12.5 Å². The summed E-state index contributed by atoms with van der Waals surface area (Å²) in [5.41, 5.74) is 1.36. The second-order valence-corrected chi connectivity index (χ2v) is 5.26. The fourth-order valence-corrected chi connectivity index (χ4v) is 2.67. The number of hydrogen-bond donors (Lipinski definition) is 1. The zero-order valence-corrected chi connectivity index (χ0v) is 11.8. The van der Waals surface area contributed by atoms with E-state index in [1.807, 2.05) is 6.92 Å². The maximum absolute atomic E-state index is 11.4. The van der Waals surface area contributed by atoms with Gasteiger partial charge in [0.2, 0.25) is 5.91 Å². The molecule has 0 aromatic heterocycles. The van der Waals surface area contributed by atoms with Crippen molar-refractivity contribution in [3.63, 3.8) is 0 Å². The molecule has 19 heavy (non-hydrogen) atoms. The first-order chi connectivity index (χ1) is 9.29. The van der Waals surface area contributed by atoms with Crippen molar-refractivity contribution in [1.82, 2.24) is 10.2 Å². The average Bonchev–Trinajstić information content (AvgIpc) is 2.47. The first-order valence-electron chi connectivity index (χ1n) is 7.34. The monoisotopic (exact) mass is 260 g/mol. The third kappa shape index (κ3) is 4.35. The second-order valence-electron chi connectivity index (χ2n) is 5.26. The molecule has 0 aliphatic carbocycles. The van der Waals surface area contributed by atoms with Gasteiger partial charge in [0.15, 0.2) is 0 Å². The van der Waals surface area contributed by atoms with Crippen LogP contribution in [0, 0.1) is 0 Å². The molecule has 0 radical (unpaired) electrons. The SMILES string of the molecule is CCC(=O)NC[C@@H]1CCCCN1Cc1ccccc1. The van der Waals surface area contributed by atoms with Crippen LogP contribution in [0.3, 0.4) is 0 Å². The number of carbonyl (C=O) groups is 1. The number of nitrogens with one attached hydrogen (secondary N) is 1. The Labute approximate surface area is 116 Å². The molecule has 1 fully saturated rings. The lowest BCUT2D eigenvalue weighted by atomic mass is 10.0. The van der Waals surface area contributed by atoms with Gasteiger partial charge >= 0.3 is 0 Å². The number of nitrogens with zero attached hydrogens (tertiary/aromatic N) is 1. The molecule has 0 unspecified atom stereocenters. The topological polar surface area (TPSA) is 32.3 Å². The van der Waals surface area contributed by atoms with Crippen molar-refractivity contribution in [3.05, 3.63) is 35.9 Å². The Morgan fingerprint density at radius 1 is 1.32 bits per heavy atom. The van der Waals surface area contributed by atoms with Gasteiger partial charge in [-0.25, -0.2) is 0 Å². The van der Waals surface area contributed by atoms with Crippen LogP contribution in [0.4, 0.5) is 0 Å². The van der Waals surface area contributed by atoms with E-state index in [1.165, 1.54) is 24.8 Å². The van der Waals surface area contributed by atoms with Gasteiger partial charge < -0.3 is 5.32 Å². The highest BCUT2D eigenvalue weighted by Gasteiger charge is 2.22. The molecule has 0 spiro atoms. The quantitative estimate of drug-likeness (QED) is 0.882. The summed E-state index contributed by atoms with van der Waals surface area (Å²) < 4.78 is 0. The van der Waals surface area contributed by atoms with Crippen molar-refractivity contribution in [1.29, 1.82) is 0 Å². The minimum absolute atomic E-state index is 0.158. The molecule has 3 heteroatoms. The van der Waals surface area contributed by atoms with Crippen LogP contribution >= 0.6 is 0 Å². The van der Waals surface area contributed by atoms with Crippen molar-refractivity contribution in [2.45, 2.75) is 45.2 Å². The minimum Gasteiger partial charge on any atom is -0.355 e. The molecule has 1 atom stereocenters. The molecule has 104 valence electrons. The van der Waals surface area contributed by atoms with Crippen LogP contribution in [0.25, 0.3) is 0 Å². The zero-order chi connectivity index (χ0) is 13.5. The van der Waals surface area contributed by atoms with Crippen molar-refractivity contribution < 1.29 is 4.79 Å². The number of carbonyl (C=O) groups excluding carboxylic acids is 1. The summed E-state index contributed by atoms with van der Waals surface area (Å²) in [7, 11) is 0. The molecule has 1 N–H and O–H groups in total. The van der Waals surface area contributed by atoms with Crippen molar-refractivity contribution in [2.24, 2.45) is 0 Å². The summed E-state index contributed by atoms with van der Waals surface area (Å²) in [6, 6.07) is 11.1. The van der Waals surface area contributed by atoms with E-state index in [-0.39, 0.29) is 5.91 Å². The van der Waals surface area contributed by atoms with Gasteiger partial charge in [-0.2, -0.15) is 0 Å². The Bertz CT molecular complexity index is 391. The number of hydrogen-bond acceptors (Lipinski definition) is 2. The summed E-state index contributed by atoms with van der Waals surface area (Å²) in [5.74, 6) is 0.158. The zero-order valence-electron chi connectivity index (χ0n) is 11.8. The van der Waals surface area contributed by atoms with Crippen LogP contribution < -0.4 is 5.32 Å². The molecule has 1 amide bonds. The van der Waals surface area contributed by atoms with E-state index < -0.39 is 0 Å². The van der Waals surface area contributed by atoms with E-state index in [0.717, 1.165) is 19.6 Å². The maximum Gasteiger partial charge on any atom is 0.219 e. The molecule has 1 heterocycles. The van der Waals surface area contributed by atoms with Crippen LogP contribution in [0.1, 0.15) is 38.2 Å². The van der Waals surface area contributed by atoms with Gasteiger partial charge in [0.25, 0.3) is 0 Å². The fraction of sp³-hybridized carbons (Fsp3) is 0.562. The van der Waals surface area contributed by atoms with E-state index in [1.54, 1.807) is 0 Å². The smallest absolute Gasteiger partial charge is 0.219 e. The molecule has 1 aromatic rings. The summed E-state index contributed by atoms with van der Waals surface area (Å²) in [4.78, 5) is 13.9. The molecule has 3 nitrogen and oxygen atoms in total. The normalized spacial score (nSPS) is 20.2. The lowest BCUT2D eigenvalue weighted by molar-refractivity contribution is -0.121. The Morgan fingerprint density at radius 3 is 2.84 bits per heavy atom. The number of benzene rings is 1. The van der Waals surface area contributed by atoms with Crippen molar-refractivity contribution in [2.75, 3.05) is 13.1 Å². The summed E-state index contributed by atoms with van der Waals surface area (Å²) in [6.07, 6.45) is 4.31. The van der Waals surface area contributed by atoms with Crippen molar-refractivity contribution in [3.8, 4) is 0 Å². The van der Waals surface area contributed by atoms with Gasteiger partial charge in [-0.3, -0.25) is 9.69 Å². The molecule has 1 saturated heterocycles. The fourth-order valence-electron chi connectivity index (χ4n) is 2.67. The lowest BCUT2D eigenvalue weighted by Crippen LogP contribution is -2.46. The van der Waals surface area contributed by atoms with Gasteiger partial charge in [0, 0.05) is 25.6 Å². The largest absolute Gasteiger partial charge is 0.355 e. The maximum atomic E-state index is 11.4. The first kappa shape index (κ1) is 14.1. The molecule has 1 aliphatic rings. The summed E-state index contributed by atoms with van der Waals surface area (Å²) in [5, 5.41) is 3.04. The Morgan fingerprint density at radius 2 is 2.11 bits per heavy atom. The Balaban J connectivity index is 1.90. The van der Waals surface area contributed by atoms with Crippen molar-refractivity contribution >= 4 is 5.91 Å². The van der Waals surface area contributed by atoms with Crippen LogP contribution in [-0.2, 0) is 11.3 Å². The third-order valence-electron chi connectivity index (χ3n) is 3.83. The van der Waals surface area contributed by atoms with E-state index in [9.17, 15) is 4.79 Å². The van der Waals surface area contributed by atoms with E-state index >= 15 is 0 Å². The van der Waals surface area contributed by atoms with Crippen LogP contribution in [-0.4, -0.2) is 29.9 Å². The third-order valence-corrected chi connectivity index (χ3v) is 3.83. The standard InChI is InChI=1S/C16H24N2O/c1-2-16(19)17-12-15-10-6-7-11-18(15)13-14-8-4-3-5-9-14/h3-5,8-9,15H,2,6-7,10-13H2,1H3,(H,17,19)/t15-/m0/s1.